The molecular formula is C19H32N4O2S. The smallest absolute Gasteiger partial charge is 0.242 e. The molecule has 0 radical (unpaired) electrons. The van der Waals surface area contributed by atoms with Crippen LogP contribution in [0, 0.1) is 5.92 Å². The van der Waals surface area contributed by atoms with Gasteiger partial charge in [0.15, 0.2) is 5.96 Å². The van der Waals surface area contributed by atoms with Crippen molar-refractivity contribution in [3.05, 3.63) is 29.8 Å². The molecule has 0 saturated heterocycles. The third kappa shape index (κ3) is 5.71. The molecule has 0 atom stereocenters. The second-order valence-corrected chi connectivity index (χ2v) is 9.16. The number of benzene rings is 1. The summed E-state index contributed by atoms with van der Waals surface area (Å²) in [5.74, 6) is 1.60. The zero-order valence-corrected chi connectivity index (χ0v) is 17.0. The van der Waals surface area contributed by atoms with Gasteiger partial charge in [-0.05, 0) is 30.4 Å². The molecule has 0 aliphatic heterocycles. The Balaban J connectivity index is 1.86. The van der Waals surface area contributed by atoms with Crippen molar-refractivity contribution >= 4 is 16.0 Å². The second kappa shape index (κ2) is 9.92. The third-order valence-corrected chi connectivity index (χ3v) is 6.87. The fourth-order valence-corrected chi connectivity index (χ4v) is 4.51. The van der Waals surface area contributed by atoms with Crippen molar-refractivity contribution in [1.29, 1.82) is 0 Å². The molecular weight excluding hydrogens is 348 g/mol. The van der Waals surface area contributed by atoms with E-state index in [-0.39, 0.29) is 0 Å². The zero-order chi connectivity index (χ0) is 19.0. The molecule has 0 bridgehead atoms. The maximum Gasteiger partial charge on any atom is 0.242 e. The first-order valence-corrected chi connectivity index (χ1v) is 10.8. The first kappa shape index (κ1) is 20.7. The van der Waals surface area contributed by atoms with Crippen LogP contribution in [0.2, 0.25) is 0 Å². The molecule has 1 aliphatic carbocycles. The van der Waals surface area contributed by atoms with Crippen LogP contribution >= 0.6 is 0 Å². The third-order valence-electron chi connectivity index (χ3n) is 4.96. The Labute approximate surface area is 158 Å². The van der Waals surface area contributed by atoms with E-state index in [4.69, 9.17) is 0 Å². The van der Waals surface area contributed by atoms with Gasteiger partial charge in [-0.15, -0.1) is 0 Å². The van der Waals surface area contributed by atoms with E-state index in [9.17, 15) is 8.42 Å². The average molecular weight is 381 g/mol. The number of rotatable bonds is 8. The lowest BCUT2D eigenvalue weighted by Crippen LogP contribution is -2.37. The van der Waals surface area contributed by atoms with Gasteiger partial charge in [0.2, 0.25) is 10.0 Å². The quantitative estimate of drug-likeness (QED) is 0.413. The van der Waals surface area contributed by atoms with Crippen LogP contribution in [0.3, 0.4) is 0 Å². The van der Waals surface area contributed by atoms with E-state index < -0.39 is 10.0 Å². The minimum atomic E-state index is -3.46. The van der Waals surface area contributed by atoms with Crippen LogP contribution < -0.4 is 10.6 Å². The van der Waals surface area contributed by atoms with Crippen LogP contribution in [-0.4, -0.2) is 46.4 Å². The minimum Gasteiger partial charge on any atom is -0.356 e. The van der Waals surface area contributed by atoms with Crippen molar-refractivity contribution in [2.45, 2.75) is 50.0 Å². The lowest BCUT2D eigenvalue weighted by Gasteiger charge is -2.17. The molecule has 1 fully saturated rings. The van der Waals surface area contributed by atoms with E-state index in [0.29, 0.717) is 17.4 Å². The molecule has 0 unspecified atom stereocenters. The summed E-state index contributed by atoms with van der Waals surface area (Å²) in [6, 6.07) is 7.07. The van der Waals surface area contributed by atoms with Gasteiger partial charge in [-0.3, -0.25) is 4.99 Å². The van der Waals surface area contributed by atoms with Crippen molar-refractivity contribution in [2.24, 2.45) is 10.9 Å². The van der Waals surface area contributed by atoms with Gasteiger partial charge in [0, 0.05) is 34.2 Å². The Morgan fingerprint density at radius 3 is 2.54 bits per heavy atom. The summed E-state index contributed by atoms with van der Waals surface area (Å²) in [7, 11) is 1.36. The summed E-state index contributed by atoms with van der Waals surface area (Å²) in [6.07, 6.45) is 7.94. The standard InChI is InChI=1S/C19H32N4O2S/c1-20-19(21-14-8-11-16-9-4-5-10-16)22-15-17-12-6-7-13-18(17)26(24,25)23(2)3/h6-7,12-13,16H,4-5,8-11,14-15H2,1-3H3,(H2,20,21,22). The highest BCUT2D eigenvalue weighted by Gasteiger charge is 2.20. The van der Waals surface area contributed by atoms with E-state index in [0.717, 1.165) is 24.4 Å². The van der Waals surface area contributed by atoms with Gasteiger partial charge in [-0.25, -0.2) is 12.7 Å². The minimum absolute atomic E-state index is 0.328. The maximum absolute atomic E-state index is 12.5. The lowest BCUT2D eigenvalue weighted by atomic mass is 10.0. The molecule has 1 aliphatic rings. The molecule has 2 rings (SSSR count). The Morgan fingerprint density at radius 2 is 1.88 bits per heavy atom. The molecule has 0 spiro atoms. The van der Waals surface area contributed by atoms with Gasteiger partial charge in [-0.2, -0.15) is 0 Å². The van der Waals surface area contributed by atoms with Crippen LogP contribution in [0.5, 0.6) is 0 Å². The van der Waals surface area contributed by atoms with Gasteiger partial charge in [0.05, 0.1) is 4.90 Å². The lowest BCUT2D eigenvalue weighted by molar-refractivity contribution is 0.481. The second-order valence-electron chi connectivity index (χ2n) is 7.04. The number of hydrogen-bond acceptors (Lipinski definition) is 3. The van der Waals surface area contributed by atoms with Crippen molar-refractivity contribution in [2.75, 3.05) is 27.7 Å². The van der Waals surface area contributed by atoms with Crippen LogP contribution in [0.4, 0.5) is 0 Å². The van der Waals surface area contributed by atoms with Gasteiger partial charge in [-0.1, -0.05) is 43.9 Å². The van der Waals surface area contributed by atoms with Crippen LogP contribution in [0.1, 0.15) is 44.1 Å². The molecule has 1 saturated carbocycles. The van der Waals surface area contributed by atoms with Crippen molar-refractivity contribution in [3.8, 4) is 0 Å². The van der Waals surface area contributed by atoms with E-state index >= 15 is 0 Å². The predicted molar refractivity (Wildman–Crippen MR) is 107 cm³/mol. The summed E-state index contributed by atoms with van der Waals surface area (Å²) in [4.78, 5) is 4.56. The number of guanidine groups is 1. The summed E-state index contributed by atoms with van der Waals surface area (Å²) < 4.78 is 26.2. The summed E-state index contributed by atoms with van der Waals surface area (Å²) in [6.45, 7) is 1.29. The van der Waals surface area contributed by atoms with E-state index in [2.05, 4.69) is 15.6 Å². The molecule has 146 valence electrons. The van der Waals surface area contributed by atoms with Crippen LogP contribution in [0.25, 0.3) is 0 Å². The highest BCUT2D eigenvalue weighted by molar-refractivity contribution is 7.89. The average Bonchev–Trinajstić information content (AvgIpc) is 3.14. The number of sulfonamides is 1. The summed E-state index contributed by atoms with van der Waals surface area (Å²) in [5, 5.41) is 6.55. The highest BCUT2D eigenvalue weighted by Crippen LogP contribution is 2.28. The van der Waals surface area contributed by atoms with Gasteiger partial charge >= 0.3 is 0 Å². The molecule has 2 N–H and O–H groups in total. The zero-order valence-electron chi connectivity index (χ0n) is 16.2. The number of nitrogens with zero attached hydrogens (tertiary/aromatic N) is 2. The van der Waals surface area contributed by atoms with Crippen LogP contribution in [-0.2, 0) is 16.6 Å². The van der Waals surface area contributed by atoms with Gasteiger partial charge in [0.25, 0.3) is 0 Å². The van der Waals surface area contributed by atoms with Crippen molar-refractivity contribution in [1.82, 2.24) is 14.9 Å². The molecule has 1 aromatic carbocycles. The maximum atomic E-state index is 12.5. The fraction of sp³-hybridized carbons (Fsp3) is 0.632. The topological polar surface area (TPSA) is 73.8 Å². The molecule has 0 aromatic heterocycles. The first-order chi connectivity index (χ1) is 12.4. The number of nitrogens with one attached hydrogen (secondary N) is 2. The molecule has 6 nitrogen and oxygen atoms in total. The van der Waals surface area contributed by atoms with Gasteiger partial charge < -0.3 is 10.6 Å². The largest absolute Gasteiger partial charge is 0.356 e. The van der Waals surface area contributed by atoms with Crippen molar-refractivity contribution < 1.29 is 8.42 Å². The first-order valence-electron chi connectivity index (χ1n) is 9.40. The van der Waals surface area contributed by atoms with E-state index in [1.54, 1.807) is 33.3 Å². The highest BCUT2D eigenvalue weighted by atomic mass is 32.2. The van der Waals surface area contributed by atoms with Crippen molar-refractivity contribution in [3.63, 3.8) is 0 Å². The molecule has 0 amide bonds. The monoisotopic (exact) mass is 380 g/mol. The fourth-order valence-electron chi connectivity index (χ4n) is 3.39. The van der Waals surface area contributed by atoms with E-state index in [1.165, 1.54) is 36.4 Å². The summed E-state index contributed by atoms with van der Waals surface area (Å²) >= 11 is 0. The molecule has 1 aromatic rings. The SMILES string of the molecule is CN=C(NCCCC1CCCC1)NCc1ccccc1S(=O)(=O)N(C)C. The molecule has 0 heterocycles. The predicted octanol–water partition coefficient (Wildman–Crippen LogP) is 2.57. The number of hydrogen-bond donors (Lipinski definition) is 2. The Bertz CT molecular complexity index is 695. The Hall–Kier alpha value is -1.60. The summed E-state index contributed by atoms with van der Waals surface area (Å²) in [5.41, 5.74) is 0.732. The van der Waals surface area contributed by atoms with Crippen LogP contribution in [0.15, 0.2) is 34.2 Å². The number of aliphatic imine (C=N–C) groups is 1. The molecule has 7 heteroatoms. The normalized spacial score (nSPS) is 16.2. The Morgan fingerprint density at radius 1 is 1.19 bits per heavy atom. The van der Waals surface area contributed by atoms with Gasteiger partial charge in [0.1, 0.15) is 0 Å². The Kier molecular flexibility index (Phi) is 7.90. The molecule has 26 heavy (non-hydrogen) atoms. The van der Waals surface area contributed by atoms with E-state index in [1.807, 2.05) is 12.1 Å².